The number of rotatable bonds is 2. The van der Waals surface area contributed by atoms with Crippen molar-refractivity contribution in [2.24, 2.45) is 5.10 Å². The quantitative estimate of drug-likeness (QED) is 0.587. The maximum Gasteiger partial charge on any atom is 0.314 e. The minimum Gasteiger partial charge on any atom is -0.444 e. The molecule has 1 spiro atoms. The molecule has 3 aromatic rings. The maximum absolute atomic E-state index is 12.6. The van der Waals surface area contributed by atoms with Crippen molar-refractivity contribution < 1.29 is 9.53 Å². The van der Waals surface area contributed by atoms with Crippen LogP contribution in [0.4, 0.5) is 4.79 Å². The molecule has 4 heterocycles. The second-order valence-electron chi connectivity index (χ2n) is 7.30. The Kier molecular flexibility index (Phi) is 4.01. The number of amides is 1. The molecule has 0 aliphatic carbocycles. The molecule has 6 rings (SSSR count). The van der Waals surface area contributed by atoms with Crippen LogP contribution in [0.3, 0.4) is 0 Å². The zero-order valence-corrected chi connectivity index (χ0v) is 17.5. The molecule has 7 heteroatoms. The summed E-state index contributed by atoms with van der Waals surface area (Å²) in [7, 11) is 0. The van der Waals surface area contributed by atoms with E-state index in [1.54, 1.807) is 11.3 Å². The van der Waals surface area contributed by atoms with E-state index in [1.807, 2.05) is 65.0 Å². The Balaban J connectivity index is 1.53. The standard InChI is InChI=1S/C23H17N3O2S2/c27-22-24-23(21(30-22)13-16-9-6-12-29-16)26-19(17-10-4-5-11-20(17)28-23)14-18(25-26)15-7-2-1-3-8-15/h1-13,19H,14H2,(H,24,27)/b21-13-/t19-,23+/m0/s1. The van der Waals surface area contributed by atoms with Crippen LogP contribution in [0.2, 0.25) is 0 Å². The van der Waals surface area contributed by atoms with Gasteiger partial charge in [0.2, 0.25) is 0 Å². The van der Waals surface area contributed by atoms with Crippen molar-refractivity contribution in [1.29, 1.82) is 0 Å². The molecule has 0 saturated carbocycles. The van der Waals surface area contributed by atoms with Gasteiger partial charge in [0.15, 0.2) is 0 Å². The molecule has 30 heavy (non-hydrogen) atoms. The number of hydrazone groups is 1. The lowest BCUT2D eigenvalue weighted by Crippen LogP contribution is -2.61. The van der Waals surface area contributed by atoms with E-state index in [0.29, 0.717) is 0 Å². The predicted molar refractivity (Wildman–Crippen MR) is 120 cm³/mol. The van der Waals surface area contributed by atoms with Crippen LogP contribution in [0.1, 0.15) is 28.5 Å². The third kappa shape index (κ3) is 2.69. The first-order chi connectivity index (χ1) is 14.7. The smallest absolute Gasteiger partial charge is 0.314 e. The predicted octanol–water partition coefficient (Wildman–Crippen LogP) is 5.44. The number of carbonyl (C=O) groups is 1. The number of hydrogen-bond donors (Lipinski definition) is 1. The van der Waals surface area contributed by atoms with Crippen LogP contribution in [0.5, 0.6) is 5.75 Å². The average Bonchev–Trinajstić information content (AvgIpc) is 3.50. The summed E-state index contributed by atoms with van der Waals surface area (Å²) in [6.45, 7) is 0. The largest absolute Gasteiger partial charge is 0.444 e. The second kappa shape index (κ2) is 6.75. The Morgan fingerprint density at radius 1 is 1.10 bits per heavy atom. The normalized spacial score (nSPS) is 25.7. The summed E-state index contributed by atoms with van der Waals surface area (Å²) < 4.78 is 6.51. The van der Waals surface area contributed by atoms with Crippen molar-refractivity contribution in [3.63, 3.8) is 0 Å². The first-order valence-corrected chi connectivity index (χ1v) is 11.4. The third-order valence-corrected chi connectivity index (χ3v) is 7.22. The number of thiophene rings is 1. The molecule has 3 aliphatic rings. The third-order valence-electron chi connectivity index (χ3n) is 5.50. The molecule has 2 atom stereocenters. The number of nitrogens with zero attached hydrogens (tertiary/aromatic N) is 2. The van der Waals surface area contributed by atoms with E-state index < -0.39 is 5.85 Å². The van der Waals surface area contributed by atoms with Crippen molar-refractivity contribution >= 4 is 40.1 Å². The molecule has 0 unspecified atom stereocenters. The Labute approximate surface area is 182 Å². The highest BCUT2D eigenvalue weighted by Crippen LogP contribution is 2.52. The fourth-order valence-corrected chi connectivity index (χ4v) is 5.80. The minimum atomic E-state index is -1.14. The van der Waals surface area contributed by atoms with Gasteiger partial charge in [-0.05, 0) is 40.9 Å². The fourth-order valence-electron chi connectivity index (χ4n) is 4.17. The molecule has 2 aromatic carbocycles. The summed E-state index contributed by atoms with van der Waals surface area (Å²) in [5.74, 6) is -0.357. The Hall–Kier alpha value is -3.03. The molecule has 3 aliphatic heterocycles. The molecule has 1 saturated heterocycles. The van der Waals surface area contributed by atoms with Crippen molar-refractivity contribution in [1.82, 2.24) is 10.3 Å². The number of para-hydroxylation sites is 1. The summed E-state index contributed by atoms with van der Waals surface area (Å²) >= 11 is 2.80. The van der Waals surface area contributed by atoms with E-state index in [-0.39, 0.29) is 11.3 Å². The lowest BCUT2D eigenvalue weighted by Gasteiger charge is -2.45. The summed E-state index contributed by atoms with van der Waals surface area (Å²) in [6.07, 6.45) is 2.77. The van der Waals surface area contributed by atoms with Gasteiger partial charge in [-0.25, -0.2) is 5.01 Å². The van der Waals surface area contributed by atoms with Gasteiger partial charge in [-0.15, -0.1) is 11.3 Å². The van der Waals surface area contributed by atoms with Gasteiger partial charge in [0.25, 0.3) is 5.24 Å². The Morgan fingerprint density at radius 2 is 1.93 bits per heavy atom. The van der Waals surface area contributed by atoms with Gasteiger partial charge < -0.3 is 4.74 Å². The van der Waals surface area contributed by atoms with Crippen LogP contribution in [-0.4, -0.2) is 21.8 Å². The minimum absolute atomic E-state index is 0.0177. The SMILES string of the molecule is O=C1N[C@]2(Oc3ccccc3[C@@H]3CC(c4ccccc4)=NN32)/C(=C/c2cccs2)S1. The van der Waals surface area contributed by atoms with E-state index in [4.69, 9.17) is 9.84 Å². The summed E-state index contributed by atoms with van der Waals surface area (Å²) in [4.78, 5) is 14.4. The molecular weight excluding hydrogens is 414 g/mol. The number of nitrogens with one attached hydrogen (secondary N) is 1. The topological polar surface area (TPSA) is 53.9 Å². The Bertz CT molecular complexity index is 1190. The summed E-state index contributed by atoms with van der Waals surface area (Å²) in [6, 6.07) is 22.2. The van der Waals surface area contributed by atoms with Gasteiger partial charge >= 0.3 is 5.85 Å². The monoisotopic (exact) mass is 431 g/mol. The molecule has 1 N–H and O–H groups in total. The average molecular weight is 432 g/mol. The van der Waals surface area contributed by atoms with Crippen molar-refractivity contribution in [2.75, 3.05) is 0 Å². The number of thioether (sulfide) groups is 1. The molecule has 0 radical (unpaired) electrons. The van der Waals surface area contributed by atoms with E-state index in [2.05, 4.69) is 23.5 Å². The highest BCUT2D eigenvalue weighted by atomic mass is 32.2. The highest BCUT2D eigenvalue weighted by molar-refractivity contribution is 8.17. The van der Waals surface area contributed by atoms with E-state index >= 15 is 0 Å². The van der Waals surface area contributed by atoms with E-state index in [1.165, 1.54) is 11.8 Å². The van der Waals surface area contributed by atoms with Gasteiger partial charge in [-0.2, -0.15) is 5.10 Å². The van der Waals surface area contributed by atoms with Crippen LogP contribution >= 0.6 is 23.1 Å². The van der Waals surface area contributed by atoms with Crippen molar-refractivity contribution in [2.45, 2.75) is 18.3 Å². The number of ether oxygens (including phenoxy) is 1. The van der Waals surface area contributed by atoms with E-state index in [0.717, 1.165) is 38.8 Å². The van der Waals surface area contributed by atoms with Crippen molar-refractivity contribution in [3.05, 3.63) is 93.0 Å². The number of benzene rings is 2. The van der Waals surface area contributed by atoms with Gasteiger partial charge in [0.05, 0.1) is 16.7 Å². The Morgan fingerprint density at radius 3 is 2.77 bits per heavy atom. The van der Waals surface area contributed by atoms with Crippen molar-refractivity contribution in [3.8, 4) is 5.75 Å². The van der Waals surface area contributed by atoms with Crippen LogP contribution in [0, 0.1) is 0 Å². The van der Waals surface area contributed by atoms with Gasteiger partial charge in [0, 0.05) is 16.9 Å². The first kappa shape index (κ1) is 17.8. The van der Waals surface area contributed by atoms with Crippen LogP contribution in [-0.2, 0) is 0 Å². The molecule has 1 fully saturated rings. The first-order valence-electron chi connectivity index (χ1n) is 9.69. The molecule has 1 aromatic heterocycles. The lowest BCUT2D eigenvalue weighted by molar-refractivity contribution is -0.0949. The zero-order valence-electron chi connectivity index (χ0n) is 15.8. The van der Waals surface area contributed by atoms with Gasteiger partial charge in [0.1, 0.15) is 5.75 Å². The number of hydrogen-bond acceptors (Lipinski definition) is 6. The molecule has 0 bridgehead atoms. The molecular formula is C23H17N3O2S2. The van der Waals surface area contributed by atoms with Crippen LogP contribution < -0.4 is 10.1 Å². The zero-order chi connectivity index (χ0) is 20.1. The lowest BCUT2D eigenvalue weighted by atomic mass is 9.96. The van der Waals surface area contributed by atoms with Crippen LogP contribution in [0.15, 0.2) is 82.1 Å². The van der Waals surface area contributed by atoms with Gasteiger partial charge in [-0.1, -0.05) is 54.6 Å². The second-order valence-corrected chi connectivity index (χ2v) is 9.29. The molecule has 1 amide bonds. The maximum atomic E-state index is 12.6. The number of carbonyl (C=O) groups excluding carboxylic acids is 1. The summed E-state index contributed by atoms with van der Waals surface area (Å²) in [5, 5.41) is 11.9. The fraction of sp³-hybridized carbons (Fsp3) is 0.130. The van der Waals surface area contributed by atoms with E-state index in [9.17, 15) is 4.79 Å². The van der Waals surface area contributed by atoms with Gasteiger partial charge in [-0.3, -0.25) is 10.1 Å². The molecule has 5 nitrogen and oxygen atoms in total. The van der Waals surface area contributed by atoms with Crippen LogP contribution in [0.25, 0.3) is 6.08 Å². The number of fused-ring (bicyclic) bond motifs is 4. The highest BCUT2D eigenvalue weighted by Gasteiger charge is 2.58. The molecule has 148 valence electrons. The summed E-state index contributed by atoms with van der Waals surface area (Å²) in [5.41, 5.74) is 3.15.